The van der Waals surface area contributed by atoms with Crippen molar-refractivity contribution < 1.29 is 4.79 Å². The van der Waals surface area contributed by atoms with Gasteiger partial charge in [0.25, 0.3) is 5.91 Å². The Hall–Kier alpha value is -2.56. The number of amides is 1. The third kappa shape index (κ3) is 3.72. The summed E-state index contributed by atoms with van der Waals surface area (Å²) in [5, 5.41) is 5.98. The van der Waals surface area contributed by atoms with Crippen molar-refractivity contribution in [2.24, 2.45) is 0 Å². The Labute approximate surface area is 125 Å². The van der Waals surface area contributed by atoms with E-state index in [2.05, 4.69) is 15.6 Å². The summed E-state index contributed by atoms with van der Waals surface area (Å²) >= 11 is 0. The first-order valence-electron chi connectivity index (χ1n) is 6.78. The molecule has 5 heteroatoms. The smallest absolute Gasteiger partial charge is 0.251 e. The molecule has 0 bridgehead atoms. The summed E-state index contributed by atoms with van der Waals surface area (Å²) in [7, 11) is 5.63. The van der Waals surface area contributed by atoms with Gasteiger partial charge in [-0.2, -0.15) is 0 Å². The number of nitrogens with one attached hydrogen (secondary N) is 2. The summed E-state index contributed by atoms with van der Waals surface area (Å²) in [6.07, 6.45) is 3.59. The van der Waals surface area contributed by atoms with E-state index < -0.39 is 0 Å². The Bertz CT molecular complexity index is 608. The highest BCUT2D eigenvalue weighted by Crippen LogP contribution is 2.22. The molecule has 1 aromatic heterocycles. The molecule has 0 saturated heterocycles. The van der Waals surface area contributed by atoms with Crippen LogP contribution in [0.25, 0.3) is 0 Å². The molecule has 2 aromatic rings. The van der Waals surface area contributed by atoms with Crippen LogP contribution in [-0.2, 0) is 6.54 Å². The van der Waals surface area contributed by atoms with Gasteiger partial charge in [-0.3, -0.25) is 9.78 Å². The first-order chi connectivity index (χ1) is 10.1. The quantitative estimate of drug-likeness (QED) is 0.883. The van der Waals surface area contributed by atoms with Crippen molar-refractivity contribution in [3.05, 3.63) is 53.9 Å². The van der Waals surface area contributed by atoms with E-state index in [0.29, 0.717) is 12.1 Å². The lowest BCUT2D eigenvalue weighted by molar-refractivity contribution is 0.0963. The number of pyridine rings is 1. The highest BCUT2D eigenvalue weighted by Gasteiger charge is 2.05. The van der Waals surface area contributed by atoms with Gasteiger partial charge < -0.3 is 15.5 Å². The van der Waals surface area contributed by atoms with Gasteiger partial charge >= 0.3 is 0 Å². The molecule has 0 aliphatic carbocycles. The molecule has 0 atom stereocenters. The Morgan fingerprint density at radius 3 is 2.52 bits per heavy atom. The van der Waals surface area contributed by atoms with Crippen LogP contribution in [0.5, 0.6) is 0 Å². The lowest BCUT2D eigenvalue weighted by Gasteiger charge is -2.17. The molecule has 0 saturated carbocycles. The van der Waals surface area contributed by atoms with Crippen LogP contribution in [0.4, 0.5) is 11.4 Å². The molecule has 110 valence electrons. The molecule has 0 aliphatic rings. The Kier molecular flexibility index (Phi) is 4.77. The van der Waals surface area contributed by atoms with Gasteiger partial charge in [-0.05, 0) is 23.8 Å². The molecule has 0 spiro atoms. The van der Waals surface area contributed by atoms with Crippen LogP contribution < -0.4 is 15.5 Å². The number of carbonyl (C=O) groups is 1. The fraction of sp³-hybridized carbons (Fsp3) is 0.250. The molecule has 0 fully saturated rings. The summed E-state index contributed by atoms with van der Waals surface area (Å²) in [6, 6.07) is 9.52. The number of anilines is 2. The van der Waals surface area contributed by atoms with Crippen molar-refractivity contribution >= 4 is 17.3 Å². The van der Waals surface area contributed by atoms with Crippen molar-refractivity contribution in [2.45, 2.75) is 6.54 Å². The lowest BCUT2D eigenvalue weighted by atomic mass is 10.1. The van der Waals surface area contributed by atoms with Crippen LogP contribution in [0, 0.1) is 0 Å². The molecule has 2 N–H and O–H groups in total. The summed E-state index contributed by atoms with van der Waals surface area (Å²) in [5.74, 6) is -0.0725. The largest absolute Gasteiger partial charge is 0.378 e. The third-order valence-corrected chi connectivity index (χ3v) is 3.21. The fourth-order valence-corrected chi connectivity index (χ4v) is 2.03. The van der Waals surface area contributed by atoms with Gasteiger partial charge in [0.15, 0.2) is 0 Å². The van der Waals surface area contributed by atoms with Gasteiger partial charge in [0.05, 0.1) is 17.6 Å². The van der Waals surface area contributed by atoms with Crippen LogP contribution in [-0.4, -0.2) is 32.0 Å². The van der Waals surface area contributed by atoms with Crippen LogP contribution in [0.3, 0.4) is 0 Å². The molecule has 5 nitrogen and oxygen atoms in total. The molecule has 0 radical (unpaired) electrons. The standard InChI is InChI=1S/C16H20N4O/c1-17-16(21)13-6-4-12(5-7-13)10-19-14-11-18-9-8-15(14)20(2)3/h4-9,11,19H,10H2,1-3H3,(H,17,21). The predicted molar refractivity (Wildman–Crippen MR) is 85.7 cm³/mol. The second-order valence-electron chi connectivity index (χ2n) is 4.92. The minimum Gasteiger partial charge on any atom is -0.378 e. The minimum absolute atomic E-state index is 0.0725. The average Bonchev–Trinajstić information content (AvgIpc) is 2.52. The molecule has 21 heavy (non-hydrogen) atoms. The highest BCUT2D eigenvalue weighted by molar-refractivity contribution is 5.93. The first kappa shape index (κ1) is 14.8. The van der Waals surface area contributed by atoms with Gasteiger partial charge in [0, 0.05) is 39.4 Å². The van der Waals surface area contributed by atoms with E-state index in [1.54, 1.807) is 13.2 Å². The summed E-state index contributed by atoms with van der Waals surface area (Å²) in [4.78, 5) is 17.7. The minimum atomic E-state index is -0.0725. The molecule has 1 aromatic carbocycles. The van der Waals surface area contributed by atoms with E-state index in [9.17, 15) is 4.79 Å². The second kappa shape index (κ2) is 6.74. The van der Waals surface area contributed by atoms with Gasteiger partial charge in [0.1, 0.15) is 0 Å². The van der Waals surface area contributed by atoms with Crippen LogP contribution in [0.1, 0.15) is 15.9 Å². The number of hydrogen-bond acceptors (Lipinski definition) is 4. The topological polar surface area (TPSA) is 57.3 Å². The number of hydrogen-bond donors (Lipinski definition) is 2. The van der Waals surface area contributed by atoms with E-state index in [1.807, 2.05) is 55.5 Å². The summed E-state index contributed by atoms with van der Waals surface area (Å²) in [6.45, 7) is 0.681. The Morgan fingerprint density at radius 1 is 1.19 bits per heavy atom. The van der Waals surface area contributed by atoms with E-state index >= 15 is 0 Å². The van der Waals surface area contributed by atoms with Crippen molar-refractivity contribution in [1.29, 1.82) is 0 Å². The van der Waals surface area contributed by atoms with Gasteiger partial charge in [-0.25, -0.2) is 0 Å². The van der Waals surface area contributed by atoms with Crippen molar-refractivity contribution in [2.75, 3.05) is 31.4 Å². The van der Waals surface area contributed by atoms with E-state index in [0.717, 1.165) is 16.9 Å². The summed E-state index contributed by atoms with van der Waals surface area (Å²) < 4.78 is 0. The zero-order valence-electron chi connectivity index (χ0n) is 12.6. The lowest BCUT2D eigenvalue weighted by Crippen LogP contribution is -2.17. The zero-order valence-corrected chi connectivity index (χ0v) is 12.6. The van der Waals surface area contributed by atoms with Crippen LogP contribution in [0.2, 0.25) is 0 Å². The predicted octanol–water partition coefficient (Wildman–Crippen LogP) is 2.12. The molecular formula is C16H20N4O. The zero-order chi connectivity index (χ0) is 15.2. The maximum Gasteiger partial charge on any atom is 0.251 e. The maximum absolute atomic E-state index is 11.5. The number of nitrogens with zero attached hydrogens (tertiary/aromatic N) is 2. The number of carbonyl (C=O) groups excluding carboxylic acids is 1. The highest BCUT2D eigenvalue weighted by atomic mass is 16.1. The SMILES string of the molecule is CNC(=O)c1ccc(CNc2cnccc2N(C)C)cc1. The third-order valence-electron chi connectivity index (χ3n) is 3.21. The fourth-order valence-electron chi connectivity index (χ4n) is 2.03. The van der Waals surface area contributed by atoms with E-state index in [-0.39, 0.29) is 5.91 Å². The molecular weight excluding hydrogens is 264 g/mol. The molecule has 2 rings (SSSR count). The first-order valence-corrected chi connectivity index (χ1v) is 6.78. The normalized spacial score (nSPS) is 10.0. The Morgan fingerprint density at radius 2 is 1.90 bits per heavy atom. The van der Waals surface area contributed by atoms with E-state index in [1.165, 1.54) is 0 Å². The maximum atomic E-state index is 11.5. The average molecular weight is 284 g/mol. The van der Waals surface area contributed by atoms with Crippen molar-refractivity contribution in [1.82, 2.24) is 10.3 Å². The monoisotopic (exact) mass is 284 g/mol. The number of rotatable bonds is 5. The molecule has 0 unspecified atom stereocenters. The Balaban J connectivity index is 2.05. The van der Waals surface area contributed by atoms with Crippen LogP contribution in [0.15, 0.2) is 42.7 Å². The van der Waals surface area contributed by atoms with Gasteiger partial charge in [-0.1, -0.05) is 12.1 Å². The van der Waals surface area contributed by atoms with Crippen LogP contribution >= 0.6 is 0 Å². The summed E-state index contributed by atoms with van der Waals surface area (Å²) in [5.41, 5.74) is 3.85. The van der Waals surface area contributed by atoms with Gasteiger partial charge in [-0.15, -0.1) is 0 Å². The van der Waals surface area contributed by atoms with Gasteiger partial charge in [0.2, 0.25) is 0 Å². The molecule has 0 aliphatic heterocycles. The molecule has 1 amide bonds. The van der Waals surface area contributed by atoms with Crippen molar-refractivity contribution in [3.63, 3.8) is 0 Å². The molecule has 1 heterocycles. The van der Waals surface area contributed by atoms with Crippen molar-refractivity contribution in [3.8, 4) is 0 Å². The number of aromatic nitrogens is 1. The second-order valence-corrected chi connectivity index (χ2v) is 4.92. The number of benzene rings is 1. The van der Waals surface area contributed by atoms with E-state index in [4.69, 9.17) is 0 Å².